The summed E-state index contributed by atoms with van der Waals surface area (Å²) in [5.74, 6) is 1.18. The van der Waals surface area contributed by atoms with Gasteiger partial charge in [0.1, 0.15) is 0 Å². The van der Waals surface area contributed by atoms with E-state index in [-0.39, 0.29) is 17.4 Å². The maximum Gasteiger partial charge on any atom is 0.240 e. The Kier molecular flexibility index (Phi) is 6.81. The van der Waals surface area contributed by atoms with Crippen LogP contribution in [0.2, 0.25) is 5.02 Å². The molecule has 0 aromatic heterocycles. The molecule has 0 bridgehead atoms. The summed E-state index contributed by atoms with van der Waals surface area (Å²) in [4.78, 5) is 0.210. The van der Waals surface area contributed by atoms with Crippen LogP contribution in [0.3, 0.4) is 0 Å². The Morgan fingerprint density at radius 1 is 1.45 bits per heavy atom. The number of hydrogen-bond donors (Lipinski definition) is 2. The van der Waals surface area contributed by atoms with Gasteiger partial charge < -0.3 is 5.73 Å². The quantitative estimate of drug-likeness (QED) is 0.802. The van der Waals surface area contributed by atoms with E-state index in [4.69, 9.17) is 17.3 Å². The van der Waals surface area contributed by atoms with Crippen LogP contribution in [0, 0.1) is 12.8 Å². The Bertz CT molecular complexity index is 562. The van der Waals surface area contributed by atoms with Crippen molar-refractivity contribution >= 4 is 33.4 Å². The number of hydrogen-bond acceptors (Lipinski definition) is 4. The Morgan fingerprint density at radius 3 is 2.65 bits per heavy atom. The Balaban J connectivity index is 3.01. The van der Waals surface area contributed by atoms with Crippen molar-refractivity contribution in [2.24, 2.45) is 11.7 Å². The minimum absolute atomic E-state index is 0.210. The van der Waals surface area contributed by atoms with Gasteiger partial charge >= 0.3 is 0 Å². The van der Waals surface area contributed by atoms with E-state index in [2.05, 4.69) is 4.72 Å². The molecule has 114 valence electrons. The summed E-state index contributed by atoms with van der Waals surface area (Å²) >= 11 is 7.66. The molecule has 3 N–H and O–H groups in total. The van der Waals surface area contributed by atoms with Crippen LogP contribution in [0.25, 0.3) is 0 Å². The fourth-order valence-corrected chi connectivity index (χ4v) is 4.34. The first-order valence-corrected chi connectivity index (χ1v) is 9.55. The zero-order chi connectivity index (χ0) is 15.3. The lowest BCUT2D eigenvalue weighted by molar-refractivity contribution is 0.562. The summed E-state index contributed by atoms with van der Waals surface area (Å²) in [5, 5.41) is 0.383. The van der Waals surface area contributed by atoms with Gasteiger partial charge in [-0.3, -0.25) is 0 Å². The van der Waals surface area contributed by atoms with E-state index in [9.17, 15) is 8.42 Å². The predicted molar refractivity (Wildman–Crippen MR) is 86.8 cm³/mol. The van der Waals surface area contributed by atoms with Gasteiger partial charge in [0, 0.05) is 18.1 Å². The van der Waals surface area contributed by atoms with Crippen molar-refractivity contribution in [3.05, 3.63) is 28.3 Å². The monoisotopic (exact) mass is 336 g/mol. The summed E-state index contributed by atoms with van der Waals surface area (Å²) in [5.41, 5.74) is 7.02. The number of nitrogens with two attached hydrogens (primary N) is 1. The molecule has 1 atom stereocenters. The fourth-order valence-electron chi connectivity index (χ4n) is 1.87. The zero-order valence-electron chi connectivity index (χ0n) is 11.9. The van der Waals surface area contributed by atoms with E-state index < -0.39 is 10.0 Å². The second-order valence-corrected chi connectivity index (χ2v) is 7.89. The molecule has 4 nitrogen and oxygen atoms in total. The lowest BCUT2D eigenvalue weighted by Gasteiger charge is -2.15. The van der Waals surface area contributed by atoms with Gasteiger partial charge in [-0.1, -0.05) is 18.5 Å². The number of rotatable bonds is 7. The van der Waals surface area contributed by atoms with Gasteiger partial charge in [0.2, 0.25) is 10.0 Å². The molecule has 1 unspecified atom stereocenters. The van der Waals surface area contributed by atoms with Crippen LogP contribution in [0.4, 0.5) is 0 Å². The van der Waals surface area contributed by atoms with E-state index in [1.54, 1.807) is 24.8 Å². The number of nitrogens with one attached hydrogen (secondary N) is 1. The van der Waals surface area contributed by atoms with Crippen LogP contribution in [-0.2, 0) is 16.6 Å². The Labute approximate surface area is 130 Å². The van der Waals surface area contributed by atoms with Gasteiger partial charge in [0.25, 0.3) is 0 Å². The minimum Gasteiger partial charge on any atom is -0.326 e. The molecule has 1 aromatic rings. The molecule has 0 spiro atoms. The Hall–Kier alpha value is -0.270. The van der Waals surface area contributed by atoms with Gasteiger partial charge in [-0.2, -0.15) is 11.8 Å². The maximum absolute atomic E-state index is 12.4. The van der Waals surface area contributed by atoms with Crippen molar-refractivity contribution in [1.29, 1.82) is 0 Å². The molecule has 0 aliphatic carbocycles. The number of thioether (sulfide) groups is 1. The molecular formula is C13H21ClN2O2S2. The average Bonchev–Trinajstić information content (AvgIpc) is 2.39. The third-order valence-corrected chi connectivity index (χ3v) is 5.69. The first kappa shape index (κ1) is 17.8. The third kappa shape index (κ3) is 4.63. The van der Waals surface area contributed by atoms with Crippen molar-refractivity contribution in [3.63, 3.8) is 0 Å². The molecule has 0 saturated carbocycles. The summed E-state index contributed by atoms with van der Waals surface area (Å²) in [6.07, 6.45) is 2.00. The lowest BCUT2D eigenvalue weighted by Crippen LogP contribution is -2.30. The molecular weight excluding hydrogens is 316 g/mol. The number of sulfonamides is 1. The van der Waals surface area contributed by atoms with Crippen molar-refractivity contribution in [3.8, 4) is 0 Å². The fraction of sp³-hybridized carbons (Fsp3) is 0.538. The largest absolute Gasteiger partial charge is 0.326 e. The van der Waals surface area contributed by atoms with Crippen molar-refractivity contribution in [2.75, 3.05) is 18.6 Å². The molecule has 0 fully saturated rings. The van der Waals surface area contributed by atoms with Crippen LogP contribution in [0.15, 0.2) is 17.0 Å². The van der Waals surface area contributed by atoms with Crippen molar-refractivity contribution in [1.82, 2.24) is 4.72 Å². The van der Waals surface area contributed by atoms with Crippen LogP contribution in [0.1, 0.15) is 18.1 Å². The van der Waals surface area contributed by atoms with Gasteiger partial charge in [-0.15, -0.1) is 0 Å². The van der Waals surface area contributed by atoms with E-state index >= 15 is 0 Å². The molecule has 1 aromatic carbocycles. The van der Waals surface area contributed by atoms with Gasteiger partial charge in [-0.05, 0) is 48.1 Å². The SMILES string of the molecule is CSCC(C)CNS(=O)(=O)c1cc(Cl)cc(CN)c1C. The highest BCUT2D eigenvalue weighted by Crippen LogP contribution is 2.24. The van der Waals surface area contributed by atoms with E-state index in [1.807, 2.05) is 13.2 Å². The van der Waals surface area contributed by atoms with Crippen molar-refractivity contribution < 1.29 is 8.42 Å². The summed E-state index contributed by atoms with van der Waals surface area (Å²) in [6.45, 7) is 4.43. The number of benzene rings is 1. The first-order chi connectivity index (χ1) is 9.31. The van der Waals surface area contributed by atoms with E-state index in [0.29, 0.717) is 17.1 Å². The first-order valence-electron chi connectivity index (χ1n) is 6.29. The summed E-state index contributed by atoms with van der Waals surface area (Å²) < 4.78 is 27.4. The van der Waals surface area contributed by atoms with Crippen LogP contribution < -0.4 is 10.5 Å². The lowest BCUT2D eigenvalue weighted by atomic mass is 10.1. The minimum atomic E-state index is -3.56. The van der Waals surface area contributed by atoms with Crippen LogP contribution in [-0.4, -0.2) is 27.0 Å². The van der Waals surface area contributed by atoms with Crippen LogP contribution >= 0.6 is 23.4 Å². The molecule has 0 aliphatic heterocycles. The molecule has 0 radical (unpaired) electrons. The predicted octanol–water partition coefficient (Wildman–Crippen LogP) is 2.38. The highest BCUT2D eigenvalue weighted by atomic mass is 35.5. The number of halogens is 1. The molecule has 1 rings (SSSR count). The third-order valence-electron chi connectivity index (χ3n) is 3.01. The highest BCUT2D eigenvalue weighted by molar-refractivity contribution is 7.98. The zero-order valence-corrected chi connectivity index (χ0v) is 14.3. The summed E-state index contributed by atoms with van der Waals surface area (Å²) in [6, 6.07) is 3.17. The molecule has 7 heteroatoms. The Morgan fingerprint density at radius 2 is 2.10 bits per heavy atom. The standard InChI is InChI=1S/C13H21ClN2O2S2/c1-9(8-19-3)7-16-20(17,18)13-5-12(14)4-11(6-15)10(13)2/h4-5,9,16H,6-8,15H2,1-3H3. The van der Waals surface area contributed by atoms with E-state index in [1.165, 1.54) is 6.07 Å². The van der Waals surface area contributed by atoms with Gasteiger partial charge in [0.15, 0.2) is 0 Å². The molecule has 0 aliphatic rings. The normalized spacial score (nSPS) is 13.4. The maximum atomic E-state index is 12.4. The smallest absolute Gasteiger partial charge is 0.240 e. The molecule has 20 heavy (non-hydrogen) atoms. The van der Waals surface area contributed by atoms with E-state index in [0.717, 1.165) is 11.3 Å². The highest BCUT2D eigenvalue weighted by Gasteiger charge is 2.20. The van der Waals surface area contributed by atoms with Crippen molar-refractivity contribution in [2.45, 2.75) is 25.3 Å². The topological polar surface area (TPSA) is 72.2 Å². The van der Waals surface area contributed by atoms with Gasteiger partial charge in [0.05, 0.1) is 4.90 Å². The molecule has 0 amide bonds. The van der Waals surface area contributed by atoms with Gasteiger partial charge in [-0.25, -0.2) is 13.1 Å². The average molecular weight is 337 g/mol. The second kappa shape index (κ2) is 7.66. The second-order valence-electron chi connectivity index (χ2n) is 4.80. The molecule has 0 saturated heterocycles. The summed E-state index contributed by atoms with van der Waals surface area (Å²) in [7, 11) is -3.56. The molecule has 0 heterocycles. The van der Waals surface area contributed by atoms with Crippen LogP contribution in [0.5, 0.6) is 0 Å².